The number of Topliss-reactive ketones (excluding diaryl/α,β-unsaturated/α-hetero) is 1. The Kier molecular flexibility index (Phi) is 6.85. The molecule has 0 saturated carbocycles. The van der Waals surface area contributed by atoms with Crippen molar-refractivity contribution in [3.8, 4) is 0 Å². The normalized spacial score (nSPS) is 19.3. The van der Waals surface area contributed by atoms with Crippen LogP contribution in [-0.4, -0.2) is 25.2 Å². The Hall–Kier alpha value is -1.68. The van der Waals surface area contributed by atoms with E-state index in [1.165, 1.54) is 5.56 Å². The van der Waals surface area contributed by atoms with Gasteiger partial charge in [-0.2, -0.15) is 0 Å². The highest BCUT2D eigenvalue weighted by Crippen LogP contribution is 2.38. The largest absolute Gasteiger partial charge is 0.294 e. The molecule has 1 aromatic carbocycles. The van der Waals surface area contributed by atoms with E-state index in [9.17, 15) is 13.2 Å². The van der Waals surface area contributed by atoms with Crippen molar-refractivity contribution in [2.75, 3.05) is 5.75 Å². The molecular formula is C23H32O3S. The van der Waals surface area contributed by atoms with E-state index >= 15 is 0 Å². The topological polar surface area (TPSA) is 51.2 Å². The lowest BCUT2D eigenvalue weighted by molar-refractivity contribution is -0.115. The summed E-state index contributed by atoms with van der Waals surface area (Å²) >= 11 is 0. The van der Waals surface area contributed by atoms with Crippen molar-refractivity contribution >= 4 is 21.2 Å². The number of carbonyl (C=O) groups is 1. The molecule has 0 aliphatic heterocycles. The number of ketones is 1. The van der Waals surface area contributed by atoms with E-state index in [2.05, 4.69) is 25.6 Å². The monoisotopic (exact) mass is 388 g/mol. The van der Waals surface area contributed by atoms with Gasteiger partial charge in [0.1, 0.15) is 0 Å². The zero-order valence-corrected chi connectivity index (χ0v) is 18.1. The second-order valence-corrected chi connectivity index (χ2v) is 10.5. The van der Waals surface area contributed by atoms with Gasteiger partial charge < -0.3 is 0 Å². The van der Waals surface area contributed by atoms with E-state index in [4.69, 9.17) is 0 Å². The summed E-state index contributed by atoms with van der Waals surface area (Å²) in [6.07, 6.45) is 4.06. The van der Waals surface area contributed by atoms with Gasteiger partial charge in [0.25, 0.3) is 0 Å². The smallest absolute Gasteiger partial charge is 0.164 e. The molecule has 1 aliphatic rings. The van der Waals surface area contributed by atoms with Gasteiger partial charge in [-0.25, -0.2) is 8.42 Å². The maximum absolute atomic E-state index is 13.1. The molecule has 0 fully saturated rings. The zero-order chi connectivity index (χ0) is 20.4. The van der Waals surface area contributed by atoms with Crippen LogP contribution in [0.3, 0.4) is 0 Å². The van der Waals surface area contributed by atoms with Crippen molar-refractivity contribution in [2.45, 2.75) is 65.6 Å². The fourth-order valence-electron chi connectivity index (χ4n) is 4.36. The summed E-state index contributed by atoms with van der Waals surface area (Å²) in [6, 6.07) is 4.21. The van der Waals surface area contributed by atoms with Gasteiger partial charge in [0.05, 0.1) is 11.0 Å². The predicted octanol–water partition coefficient (Wildman–Crippen LogP) is 5.13. The summed E-state index contributed by atoms with van der Waals surface area (Å²) in [5.74, 6) is 0.379. The Bertz CT molecular complexity index is 852. The lowest BCUT2D eigenvalue weighted by atomic mass is 9.76. The van der Waals surface area contributed by atoms with E-state index in [1.54, 1.807) is 13.0 Å². The number of aryl methyl sites for hydroxylation is 3. The first-order chi connectivity index (χ1) is 12.6. The average Bonchev–Trinajstić information content (AvgIpc) is 2.55. The molecule has 3 nitrogen and oxygen atoms in total. The van der Waals surface area contributed by atoms with E-state index in [-0.39, 0.29) is 17.5 Å². The molecule has 4 heteroatoms. The highest BCUT2D eigenvalue weighted by Gasteiger charge is 2.32. The number of sulfone groups is 1. The maximum atomic E-state index is 13.1. The zero-order valence-electron chi connectivity index (χ0n) is 17.3. The minimum atomic E-state index is -3.09. The minimum absolute atomic E-state index is 0.0574. The van der Waals surface area contributed by atoms with Crippen LogP contribution in [-0.2, 0) is 14.6 Å². The van der Waals surface area contributed by atoms with Gasteiger partial charge in [-0.3, -0.25) is 4.79 Å². The standard InChI is InChI=1S/C23H32O3S/c1-7-9-27(25,26)18(6)12-19-13-20(8-2)23(21(24)14-19)22-16(4)10-15(3)11-17(22)5/h8,10-11,18-19H,2,7,9,12-14H2,1,3-6H3. The maximum Gasteiger partial charge on any atom is 0.164 e. The highest BCUT2D eigenvalue weighted by atomic mass is 32.2. The molecule has 0 aromatic heterocycles. The van der Waals surface area contributed by atoms with Crippen LogP contribution in [0.25, 0.3) is 5.57 Å². The van der Waals surface area contributed by atoms with Gasteiger partial charge in [0.15, 0.2) is 15.6 Å². The van der Waals surface area contributed by atoms with Gasteiger partial charge in [-0.15, -0.1) is 0 Å². The van der Waals surface area contributed by atoms with Crippen molar-refractivity contribution in [3.63, 3.8) is 0 Å². The Morgan fingerprint density at radius 3 is 2.30 bits per heavy atom. The van der Waals surface area contributed by atoms with E-state index < -0.39 is 15.1 Å². The Labute approximate surface area is 164 Å². The number of hydrogen-bond acceptors (Lipinski definition) is 3. The van der Waals surface area contributed by atoms with E-state index in [0.29, 0.717) is 25.7 Å². The van der Waals surface area contributed by atoms with Gasteiger partial charge >= 0.3 is 0 Å². The van der Waals surface area contributed by atoms with Crippen LogP contribution in [0.5, 0.6) is 0 Å². The molecule has 1 aromatic rings. The van der Waals surface area contributed by atoms with Crippen molar-refractivity contribution in [1.29, 1.82) is 0 Å². The van der Waals surface area contributed by atoms with E-state index in [0.717, 1.165) is 27.8 Å². The van der Waals surface area contributed by atoms with Crippen LogP contribution in [0.15, 0.2) is 30.4 Å². The molecule has 27 heavy (non-hydrogen) atoms. The summed E-state index contributed by atoms with van der Waals surface area (Å²) < 4.78 is 24.7. The van der Waals surface area contributed by atoms with Crippen molar-refractivity contribution in [2.24, 2.45) is 5.92 Å². The third kappa shape index (κ3) is 4.78. The molecule has 0 heterocycles. The number of carbonyl (C=O) groups excluding carboxylic acids is 1. The minimum Gasteiger partial charge on any atom is -0.294 e. The van der Waals surface area contributed by atoms with Crippen LogP contribution < -0.4 is 0 Å². The lowest BCUT2D eigenvalue weighted by Gasteiger charge is -2.28. The van der Waals surface area contributed by atoms with Crippen LogP contribution in [0, 0.1) is 26.7 Å². The van der Waals surface area contributed by atoms with Crippen LogP contribution in [0.4, 0.5) is 0 Å². The quantitative estimate of drug-likeness (QED) is 0.650. The highest BCUT2D eigenvalue weighted by molar-refractivity contribution is 7.91. The molecule has 1 aliphatic carbocycles. The van der Waals surface area contributed by atoms with Crippen LogP contribution in [0.2, 0.25) is 0 Å². The number of benzene rings is 1. The number of allylic oxidation sites excluding steroid dienone is 3. The van der Waals surface area contributed by atoms with E-state index in [1.807, 2.05) is 20.8 Å². The molecule has 0 spiro atoms. The number of rotatable bonds is 7. The van der Waals surface area contributed by atoms with Crippen LogP contribution in [0.1, 0.15) is 61.8 Å². The predicted molar refractivity (Wildman–Crippen MR) is 114 cm³/mol. The Morgan fingerprint density at radius 2 is 1.78 bits per heavy atom. The fraction of sp³-hybridized carbons (Fsp3) is 0.522. The van der Waals surface area contributed by atoms with Crippen molar-refractivity contribution in [1.82, 2.24) is 0 Å². The molecule has 2 unspecified atom stereocenters. The van der Waals surface area contributed by atoms with Gasteiger partial charge in [-0.1, -0.05) is 37.3 Å². The van der Waals surface area contributed by atoms with Crippen LogP contribution >= 0.6 is 0 Å². The van der Waals surface area contributed by atoms with Gasteiger partial charge in [-0.05, 0) is 75.1 Å². The van der Waals surface area contributed by atoms with Crippen molar-refractivity contribution in [3.05, 3.63) is 52.6 Å². The number of hydrogen-bond donors (Lipinski definition) is 0. The molecular weight excluding hydrogens is 356 g/mol. The summed E-state index contributed by atoms with van der Waals surface area (Å²) in [6.45, 7) is 13.7. The lowest BCUT2D eigenvalue weighted by Crippen LogP contribution is -2.27. The summed E-state index contributed by atoms with van der Waals surface area (Å²) in [4.78, 5) is 13.1. The molecule has 0 saturated heterocycles. The van der Waals surface area contributed by atoms with Crippen molar-refractivity contribution < 1.29 is 13.2 Å². The first-order valence-corrected chi connectivity index (χ1v) is 11.5. The molecule has 148 valence electrons. The summed E-state index contributed by atoms with van der Waals surface area (Å²) in [5, 5.41) is -0.411. The molecule has 2 atom stereocenters. The fourth-order valence-corrected chi connectivity index (χ4v) is 5.89. The first kappa shape index (κ1) is 21.6. The summed E-state index contributed by atoms with van der Waals surface area (Å²) in [7, 11) is -3.09. The second-order valence-electron chi connectivity index (χ2n) is 7.99. The molecule has 2 rings (SSSR count). The third-order valence-electron chi connectivity index (χ3n) is 5.52. The molecule has 0 bridgehead atoms. The summed E-state index contributed by atoms with van der Waals surface area (Å²) in [5.41, 5.74) is 6.14. The SMILES string of the molecule is C=CC1=C(c2c(C)cc(C)cc2C)C(=O)CC(CC(C)S(=O)(=O)CCC)C1. The first-order valence-electron chi connectivity index (χ1n) is 9.79. The van der Waals surface area contributed by atoms with Gasteiger partial charge in [0, 0.05) is 12.0 Å². The second kappa shape index (κ2) is 8.55. The molecule has 0 radical (unpaired) electrons. The molecule has 0 amide bonds. The Balaban J connectivity index is 2.36. The Morgan fingerprint density at radius 1 is 1.19 bits per heavy atom. The molecule has 0 N–H and O–H groups in total. The average molecular weight is 389 g/mol. The third-order valence-corrected chi connectivity index (χ3v) is 7.92. The van der Waals surface area contributed by atoms with Gasteiger partial charge in [0.2, 0.25) is 0 Å².